The minimum absolute atomic E-state index is 0.203. The fourth-order valence-electron chi connectivity index (χ4n) is 4.06. The lowest BCUT2D eigenvalue weighted by Gasteiger charge is -2.11. The molecule has 0 spiro atoms. The number of aromatic hydroxyl groups is 1. The Bertz CT molecular complexity index is 1540. The highest BCUT2D eigenvalue weighted by Gasteiger charge is 2.24. The number of phenolic OH excluding ortho intramolecular Hbond substituents is 1. The van der Waals surface area contributed by atoms with Crippen LogP contribution in [0.3, 0.4) is 0 Å². The molecule has 6 rings (SSSR count). The van der Waals surface area contributed by atoms with E-state index in [1.54, 1.807) is 23.5 Å². The van der Waals surface area contributed by atoms with Crippen LogP contribution < -0.4 is 0 Å². The molecular formula is C28H19N3OS. The zero-order valence-electron chi connectivity index (χ0n) is 17.6. The van der Waals surface area contributed by atoms with Crippen LogP contribution in [0.4, 0.5) is 0 Å². The van der Waals surface area contributed by atoms with E-state index in [2.05, 4.69) is 34.9 Å². The summed E-state index contributed by atoms with van der Waals surface area (Å²) in [7, 11) is 0. The Morgan fingerprint density at radius 3 is 2.03 bits per heavy atom. The molecule has 0 aliphatic heterocycles. The highest BCUT2D eigenvalue weighted by atomic mass is 32.1. The molecule has 2 aromatic heterocycles. The van der Waals surface area contributed by atoms with Crippen molar-refractivity contribution in [1.29, 1.82) is 0 Å². The number of aromatic nitrogens is 3. The summed E-state index contributed by atoms with van der Waals surface area (Å²) in [5.41, 5.74) is 5.70. The Morgan fingerprint density at radius 1 is 0.636 bits per heavy atom. The average molecular weight is 446 g/mol. The van der Waals surface area contributed by atoms with E-state index < -0.39 is 0 Å². The van der Waals surface area contributed by atoms with Crippen molar-refractivity contribution in [3.63, 3.8) is 0 Å². The Hall–Kier alpha value is -4.22. The first-order valence-corrected chi connectivity index (χ1v) is 11.5. The highest BCUT2D eigenvalue weighted by molar-refractivity contribution is 7.20. The van der Waals surface area contributed by atoms with Crippen LogP contribution in [0.15, 0.2) is 109 Å². The molecule has 0 atom stereocenters. The summed E-state index contributed by atoms with van der Waals surface area (Å²) in [4.78, 5) is 10.1. The molecule has 33 heavy (non-hydrogen) atoms. The average Bonchev–Trinajstić information content (AvgIpc) is 3.47. The first-order chi connectivity index (χ1) is 16.3. The highest BCUT2D eigenvalue weighted by Crippen LogP contribution is 2.40. The number of fused-ring (bicyclic) bond motifs is 1. The Morgan fingerprint density at radius 2 is 1.30 bits per heavy atom. The van der Waals surface area contributed by atoms with Gasteiger partial charge in [0, 0.05) is 16.7 Å². The third-order valence-corrected chi connectivity index (χ3v) is 6.57. The molecule has 0 aliphatic carbocycles. The standard InChI is InChI=1S/C28H19N3OS/c32-22-15-9-14-21(18-22)27-30-25(19-10-3-1-4-11-19)26(20-12-5-2-6-13-20)31(27)28-29-23-16-7-8-17-24(23)33-28/h1-18,32H. The third kappa shape index (κ3) is 3.49. The lowest BCUT2D eigenvalue weighted by Crippen LogP contribution is -1.99. The maximum absolute atomic E-state index is 10.2. The number of nitrogens with zero attached hydrogens (tertiary/aromatic N) is 3. The van der Waals surface area contributed by atoms with Gasteiger partial charge in [-0.1, -0.05) is 96.3 Å². The summed E-state index contributed by atoms with van der Waals surface area (Å²) in [5, 5.41) is 11.0. The zero-order chi connectivity index (χ0) is 22.2. The molecule has 0 bridgehead atoms. The summed E-state index contributed by atoms with van der Waals surface area (Å²) in [6.07, 6.45) is 0. The van der Waals surface area contributed by atoms with E-state index in [-0.39, 0.29) is 5.75 Å². The van der Waals surface area contributed by atoms with Crippen molar-refractivity contribution in [2.45, 2.75) is 0 Å². The third-order valence-electron chi connectivity index (χ3n) is 5.55. The van der Waals surface area contributed by atoms with E-state index >= 15 is 0 Å². The van der Waals surface area contributed by atoms with Crippen LogP contribution in [0, 0.1) is 0 Å². The number of benzene rings is 4. The number of imidazole rings is 1. The van der Waals surface area contributed by atoms with Gasteiger partial charge in [-0.15, -0.1) is 0 Å². The van der Waals surface area contributed by atoms with Crippen molar-refractivity contribution in [2.24, 2.45) is 0 Å². The van der Waals surface area contributed by atoms with Crippen molar-refractivity contribution < 1.29 is 5.11 Å². The predicted octanol–water partition coefficient (Wildman–Crippen LogP) is 7.19. The zero-order valence-corrected chi connectivity index (χ0v) is 18.4. The lowest BCUT2D eigenvalue weighted by atomic mass is 10.0. The summed E-state index contributed by atoms with van der Waals surface area (Å²) in [5.74, 6) is 0.941. The van der Waals surface area contributed by atoms with Gasteiger partial charge in [-0.2, -0.15) is 0 Å². The van der Waals surface area contributed by atoms with Crippen LogP contribution in [0.5, 0.6) is 5.75 Å². The number of thiazole rings is 1. The van der Waals surface area contributed by atoms with Crippen molar-refractivity contribution in [3.05, 3.63) is 109 Å². The maximum Gasteiger partial charge on any atom is 0.196 e. The van der Waals surface area contributed by atoms with E-state index in [0.717, 1.165) is 49.3 Å². The summed E-state index contributed by atoms with van der Waals surface area (Å²) in [6.45, 7) is 0. The summed E-state index contributed by atoms with van der Waals surface area (Å²) in [6, 6.07) is 35.8. The second-order valence-electron chi connectivity index (χ2n) is 7.71. The SMILES string of the molecule is Oc1cccc(-c2nc(-c3ccccc3)c(-c3ccccc3)n2-c2nc3ccccc3s2)c1. The molecule has 158 valence electrons. The quantitative estimate of drug-likeness (QED) is 0.312. The predicted molar refractivity (Wildman–Crippen MR) is 135 cm³/mol. The second kappa shape index (κ2) is 8.04. The van der Waals surface area contributed by atoms with E-state index in [9.17, 15) is 5.11 Å². The molecule has 0 radical (unpaired) electrons. The van der Waals surface area contributed by atoms with Crippen molar-refractivity contribution >= 4 is 21.6 Å². The normalized spacial score (nSPS) is 11.2. The van der Waals surface area contributed by atoms with Gasteiger partial charge in [-0.25, -0.2) is 9.97 Å². The molecule has 0 fully saturated rings. The molecule has 6 aromatic rings. The summed E-state index contributed by atoms with van der Waals surface area (Å²) < 4.78 is 3.24. The molecule has 4 nitrogen and oxygen atoms in total. The molecule has 0 unspecified atom stereocenters. The first kappa shape index (κ1) is 19.5. The Kier molecular flexibility index (Phi) is 4.74. The number of para-hydroxylation sites is 1. The topological polar surface area (TPSA) is 50.9 Å². The number of hydrogen-bond donors (Lipinski definition) is 1. The molecule has 5 heteroatoms. The van der Waals surface area contributed by atoms with E-state index in [0.29, 0.717) is 0 Å². The van der Waals surface area contributed by atoms with Crippen LogP contribution >= 0.6 is 11.3 Å². The van der Waals surface area contributed by atoms with Gasteiger partial charge in [0.2, 0.25) is 0 Å². The minimum atomic E-state index is 0.203. The van der Waals surface area contributed by atoms with E-state index in [1.807, 2.05) is 66.7 Å². The van der Waals surface area contributed by atoms with Gasteiger partial charge >= 0.3 is 0 Å². The number of phenols is 1. The van der Waals surface area contributed by atoms with E-state index in [1.165, 1.54) is 0 Å². The smallest absolute Gasteiger partial charge is 0.196 e. The Labute approximate surface area is 195 Å². The van der Waals surface area contributed by atoms with Crippen LogP contribution in [-0.4, -0.2) is 19.6 Å². The molecule has 0 saturated carbocycles. The largest absolute Gasteiger partial charge is 0.508 e. The van der Waals surface area contributed by atoms with E-state index in [4.69, 9.17) is 9.97 Å². The van der Waals surface area contributed by atoms with Crippen LogP contribution in [0.25, 0.3) is 49.3 Å². The van der Waals surface area contributed by atoms with Gasteiger partial charge in [0.15, 0.2) is 5.13 Å². The second-order valence-corrected chi connectivity index (χ2v) is 8.72. The molecule has 0 aliphatic rings. The first-order valence-electron chi connectivity index (χ1n) is 10.7. The van der Waals surface area contributed by atoms with Gasteiger partial charge in [-0.3, -0.25) is 4.57 Å². The van der Waals surface area contributed by atoms with Crippen molar-refractivity contribution in [2.75, 3.05) is 0 Å². The fourth-order valence-corrected chi connectivity index (χ4v) is 5.03. The van der Waals surface area contributed by atoms with Gasteiger partial charge in [0.25, 0.3) is 0 Å². The monoisotopic (exact) mass is 445 g/mol. The van der Waals surface area contributed by atoms with Crippen molar-refractivity contribution in [3.8, 4) is 44.8 Å². The van der Waals surface area contributed by atoms with Crippen molar-refractivity contribution in [1.82, 2.24) is 14.5 Å². The van der Waals surface area contributed by atoms with Gasteiger partial charge in [0.05, 0.1) is 21.6 Å². The molecule has 0 amide bonds. The van der Waals surface area contributed by atoms with Crippen LogP contribution in [0.2, 0.25) is 0 Å². The minimum Gasteiger partial charge on any atom is -0.508 e. The Balaban J connectivity index is 1.73. The van der Waals surface area contributed by atoms with Gasteiger partial charge in [0.1, 0.15) is 11.6 Å². The fraction of sp³-hybridized carbons (Fsp3) is 0. The van der Waals surface area contributed by atoms with Crippen LogP contribution in [-0.2, 0) is 0 Å². The summed E-state index contributed by atoms with van der Waals surface area (Å²) >= 11 is 1.63. The van der Waals surface area contributed by atoms with Gasteiger partial charge < -0.3 is 5.11 Å². The molecule has 4 aromatic carbocycles. The molecular weight excluding hydrogens is 426 g/mol. The maximum atomic E-state index is 10.2. The molecule has 1 N–H and O–H groups in total. The molecule has 0 saturated heterocycles. The lowest BCUT2D eigenvalue weighted by molar-refractivity contribution is 0.475. The number of rotatable bonds is 4. The molecule has 2 heterocycles. The van der Waals surface area contributed by atoms with Gasteiger partial charge in [-0.05, 0) is 24.3 Å². The number of hydrogen-bond acceptors (Lipinski definition) is 4. The van der Waals surface area contributed by atoms with Crippen LogP contribution in [0.1, 0.15) is 0 Å².